The van der Waals surface area contributed by atoms with Crippen LogP contribution in [0, 0.1) is 11.8 Å². The predicted octanol–water partition coefficient (Wildman–Crippen LogP) is 2.47. The first-order chi connectivity index (χ1) is 14.8. The third-order valence-electron chi connectivity index (χ3n) is 8.71. The molecule has 2 heterocycles. The van der Waals surface area contributed by atoms with E-state index in [1.165, 1.54) is 6.42 Å². The fraction of sp³-hybridized carbons (Fsp3) is 0.917. The second-order valence-corrected chi connectivity index (χ2v) is 10.6. The molecular formula is C24H41FN4O2. The molecule has 4 fully saturated rings. The number of halogens is 1. The molecule has 0 bridgehead atoms. The summed E-state index contributed by atoms with van der Waals surface area (Å²) in [5, 5.41) is 6.77. The van der Waals surface area contributed by atoms with Crippen molar-refractivity contribution in [3.05, 3.63) is 0 Å². The lowest BCUT2D eigenvalue weighted by Gasteiger charge is -2.43. The van der Waals surface area contributed by atoms with E-state index in [-0.39, 0.29) is 35.9 Å². The standard InChI is InChI=1S/C24H41FN4O2/c1-15-7-8-21(25)20-14-22(27-23(15)20)24(31)26-17-5-4-6-19(13-17)29-11-9-18(10-12-29)28(3)16(2)30/h15,17-23,27H,4-14H2,1-3H3,(H,26,31). The van der Waals surface area contributed by atoms with Crippen molar-refractivity contribution in [1.29, 1.82) is 0 Å². The van der Waals surface area contributed by atoms with Crippen LogP contribution in [0.1, 0.15) is 71.6 Å². The molecule has 7 atom stereocenters. The summed E-state index contributed by atoms with van der Waals surface area (Å²) in [6.45, 7) is 5.87. The molecule has 4 aliphatic rings. The quantitative estimate of drug-likeness (QED) is 0.711. The van der Waals surface area contributed by atoms with E-state index in [1.807, 2.05) is 11.9 Å². The zero-order valence-electron chi connectivity index (χ0n) is 19.5. The van der Waals surface area contributed by atoms with Crippen LogP contribution in [0.4, 0.5) is 4.39 Å². The van der Waals surface area contributed by atoms with E-state index in [1.54, 1.807) is 6.92 Å². The number of piperidine rings is 1. The highest BCUT2D eigenvalue weighted by Crippen LogP contribution is 2.38. The zero-order chi connectivity index (χ0) is 22.1. The molecule has 176 valence electrons. The number of carbonyl (C=O) groups is 2. The normalized spacial score (nSPS) is 39.7. The Labute approximate surface area is 186 Å². The Balaban J connectivity index is 1.26. The number of fused-ring (bicyclic) bond motifs is 1. The third kappa shape index (κ3) is 5.08. The first-order valence-electron chi connectivity index (χ1n) is 12.5. The predicted molar refractivity (Wildman–Crippen MR) is 119 cm³/mol. The van der Waals surface area contributed by atoms with Gasteiger partial charge in [-0.3, -0.25) is 9.59 Å². The van der Waals surface area contributed by atoms with E-state index >= 15 is 0 Å². The summed E-state index contributed by atoms with van der Waals surface area (Å²) in [5.41, 5.74) is 0. The monoisotopic (exact) mass is 436 g/mol. The number of nitrogens with one attached hydrogen (secondary N) is 2. The maximum atomic E-state index is 14.4. The highest BCUT2D eigenvalue weighted by Gasteiger charge is 2.46. The molecule has 7 heteroatoms. The summed E-state index contributed by atoms with van der Waals surface area (Å²) in [4.78, 5) is 29.1. The summed E-state index contributed by atoms with van der Waals surface area (Å²) < 4.78 is 14.4. The van der Waals surface area contributed by atoms with Gasteiger partial charge in [-0.1, -0.05) is 6.92 Å². The minimum absolute atomic E-state index is 0.00645. The SMILES string of the molecule is CC(=O)N(C)C1CCN(C2CCCC(NC(=O)C3CC4C(F)CCC(C)C4N3)C2)CC1. The van der Waals surface area contributed by atoms with Crippen molar-refractivity contribution in [3.8, 4) is 0 Å². The van der Waals surface area contributed by atoms with Crippen molar-refractivity contribution >= 4 is 11.8 Å². The van der Waals surface area contributed by atoms with Gasteiger partial charge in [-0.2, -0.15) is 0 Å². The number of hydrogen-bond donors (Lipinski definition) is 2. The molecule has 2 saturated carbocycles. The zero-order valence-corrected chi connectivity index (χ0v) is 19.5. The lowest BCUT2D eigenvalue weighted by molar-refractivity contribution is -0.130. The van der Waals surface area contributed by atoms with Gasteiger partial charge in [0.05, 0.1) is 6.04 Å². The average molecular weight is 437 g/mol. The molecule has 0 aromatic rings. The van der Waals surface area contributed by atoms with Crippen molar-refractivity contribution in [2.45, 2.75) is 108 Å². The molecule has 2 N–H and O–H groups in total. The lowest BCUT2D eigenvalue weighted by atomic mass is 9.77. The Kier molecular flexibility index (Phi) is 7.21. The molecular weight excluding hydrogens is 395 g/mol. The van der Waals surface area contributed by atoms with Crippen molar-refractivity contribution in [1.82, 2.24) is 20.4 Å². The molecule has 6 nitrogen and oxygen atoms in total. The Bertz CT molecular complexity index is 635. The van der Waals surface area contributed by atoms with Gasteiger partial charge in [0.15, 0.2) is 0 Å². The first-order valence-corrected chi connectivity index (χ1v) is 12.5. The first kappa shape index (κ1) is 23.0. The fourth-order valence-electron chi connectivity index (χ4n) is 6.62. The number of likely N-dealkylation sites (tertiary alicyclic amines) is 1. The molecule has 4 rings (SSSR count). The van der Waals surface area contributed by atoms with Crippen LogP contribution in [0.3, 0.4) is 0 Å². The van der Waals surface area contributed by atoms with Crippen LogP contribution in [0.25, 0.3) is 0 Å². The van der Waals surface area contributed by atoms with Gasteiger partial charge in [0.1, 0.15) is 6.17 Å². The topological polar surface area (TPSA) is 64.7 Å². The number of hydrogen-bond acceptors (Lipinski definition) is 4. The Hall–Kier alpha value is -1.21. The maximum Gasteiger partial charge on any atom is 0.237 e. The third-order valence-corrected chi connectivity index (χ3v) is 8.71. The fourth-order valence-corrected chi connectivity index (χ4v) is 6.62. The Morgan fingerprint density at radius 2 is 1.81 bits per heavy atom. The summed E-state index contributed by atoms with van der Waals surface area (Å²) in [6.07, 6.45) is 7.83. The van der Waals surface area contributed by atoms with Gasteiger partial charge in [0.25, 0.3) is 0 Å². The Morgan fingerprint density at radius 3 is 2.48 bits per heavy atom. The summed E-state index contributed by atoms with van der Waals surface area (Å²) in [5.74, 6) is 0.654. The second-order valence-electron chi connectivity index (χ2n) is 10.6. The molecule has 0 radical (unpaired) electrons. The minimum Gasteiger partial charge on any atom is -0.352 e. The molecule has 0 aromatic heterocycles. The van der Waals surface area contributed by atoms with Crippen LogP contribution < -0.4 is 10.6 Å². The van der Waals surface area contributed by atoms with Crippen LogP contribution >= 0.6 is 0 Å². The van der Waals surface area contributed by atoms with E-state index < -0.39 is 6.17 Å². The second kappa shape index (κ2) is 9.74. The van der Waals surface area contributed by atoms with Gasteiger partial charge in [0.2, 0.25) is 11.8 Å². The van der Waals surface area contributed by atoms with E-state index in [4.69, 9.17) is 0 Å². The van der Waals surface area contributed by atoms with Crippen LogP contribution in [-0.2, 0) is 9.59 Å². The van der Waals surface area contributed by atoms with Gasteiger partial charge in [-0.15, -0.1) is 0 Å². The lowest BCUT2D eigenvalue weighted by Crippen LogP contribution is -2.53. The van der Waals surface area contributed by atoms with Gasteiger partial charge in [-0.05, 0) is 63.7 Å². The van der Waals surface area contributed by atoms with E-state index in [0.717, 1.165) is 51.6 Å². The van der Waals surface area contributed by atoms with E-state index in [2.05, 4.69) is 22.5 Å². The highest BCUT2D eigenvalue weighted by atomic mass is 19.1. The Morgan fingerprint density at radius 1 is 1.06 bits per heavy atom. The van der Waals surface area contributed by atoms with Gasteiger partial charge in [0, 0.05) is 57.1 Å². The molecule has 2 amide bonds. The number of alkyl halides is 1. The minimum atomic E-state index is -0.768. The van der Waals surface area contributed by atoms with Crippen LogP contribution in [0.5, 0.6) is 0 Å². The maximum absolute atomic E-state index is 14.4. The number of amides is 2. The number of carbonyl (C=O) groups excluding carboxylic acids is 2. The average Bonchev–Trinajstić information content (AvgIpc) is 3.23. The summed E-state index contributed by atoms with van der Waals surface area (Å²) >= 11 is 0. The van der Waals surface area contributed by atoms with Crippen LogP contribution in [0.15, 0.2) is 0 Å². The summed E-state index contributed by atoms with van der Waals surface area (Å²) in [6, 6.07) is 0.982. The van der Waals surface area contributed by atoms with E-state index in [0.29, 0.717) is 30.8 Å². The molecule has 0 spiro atoms. The van der Waals surface area contributed by atoms with Crippen LogP contribution in [0.2, 0.25) is 0 Å². The van der Waals surface area contributed by atoms with Crippen molar-refractivity contribution in [3.63, 3.8) is 0 Å². The van der Waals surface area contributed by atoms with Crippen LogP contribution in [-0.4, -0.2) is 78.1 Å². The number of nitrogens with zero attached hydrogens (tertiary/aromatic N) is 2. The molecule has 7 unspecified atom stereocenters. The molecule has 2 saturated heterocycles. The van der Waals surface area contributed by atoms with Crippen molar-refractivity contribution < 1.29 is 14.0 Å². The van der Waals surface area contributed by atoms with Crippen molar-refractivity contribution in [2.75, 3.05) is 20.1 Å². The number of rotatable bonds is 4. The smallest absolute Gasteiger partial charge is 0.237 e. The molecule has 2 aliphatic heterocycles. The summed E-state index contributed by atoms with van der Waals surface area (Å²) in [7, 11) is 1.91. The largest absolute Gasteiger partial charge is 0.352 e. The van der Waals surface area contributed by atoms with Gasteiger partial charge in [-0.25, -0.2) is 4.39 Å². The van der Waals surface area contributed by atoms with Gasteiger partial charge < -0.3 is 20.4 Å². The van der Waals surface area contributed by atoms with E-state index in [9.17, 15) is 14.0 Å². The molecule has 2 aliphatic carbocycles. The van der Waals surface area contributed by atoms with Crippen molar-refractivity contribution in [2.24, 2.45) is 11.8 Å². The molecule has 0 aromatic carbocycles. The molecule has 31 heavy (non-hydrogen) atoms. The highest BCUT2D eigenvalue weighted by molar-refractivity contribution is 5.82. The van der Waals surface area contributed by atoms with Gasteiger partial charge >= 0.3 is 0 Å².